The van der Waals surface area contributed by atoms with Gasteiger partial charge in [-0.3, -0.25) is 9.69 Å². The lowest BCUT2D eigenvalue weighted by atomic mass is 10.0. The van der Waals surface area contributed by atoms with E-state index < -0.39 is 12.1 Å². The number of methoxy groups -OCH3 is 2. The van der Waals surface area contributed by atoms with Crippen LogP contribution in [0.2, 0.25) is 0 Å². The Morgan fingerprint density at radius 3 is 2.33 bits per heavy atom. The number of benzene rings is 3. The minimum atomic E-state index is -0.639. The molecule has 0 spiro atoms. The summed E-state index contributed by atoms with van der Waals surface area (Å²) in [6.07, 6.45) is 1.33. The number of esters is 1. The Labute approximate surface area is 233 Å². The average molecular weight is 541 g/mol. The molecule has 1 aliphatic carbocycles. The van der Waals surface area contributed by atoms with E-state index in [1.807, 2.05) is 49.4 Å². The van der Waals surface area contributed by atoms with E-state index in [1.54, 1.807) is 31.4 Å². The van der Waals surface area contributed by atoms with Gasteiger partial charge in [-0.15, -0.1) is 0 Å². The standard InChI is InChI=1S/C32H32N2O6/c1-21-29(33-31(39-21)24-7-5-4-6-8-24)18-25-17-28(25)23-11-9-22(10-12-23)19-34(20-30(35)38-3)32(36)40-27-15-13-26(37-2)14-16-27/h4-16,25,28H,17-20H2,1-3H3. The van der Waals surface area contributed by atoms with Gasteiger partial charge in [0.2, 0.25) is 5.89 Å². The number of aryl methyl sites for hydroxylation is 1. The molecule has 1 aromatic heterocycles. The molecule has 5 rings (SSSR count). The zero-order valence-corrected chi connectivity index (χ0v) is 22.8. The van der Waals surface area contributed by atoms with E-state index in [1.165, 1.54) is 17.6 Å². The maximum atomic E-state index is 12.9. The lowest BCUT2D eigenvalue weighted by Crippen LogP contribution is -2.37. The third-order valence-corrected chi connectivity index (χ3v) is 7.14. The summed E-state index contributed by atoms with van der Waals surface area (Å²) in [7, 11) is 2.85. The topological polar surface area (TPSA) is 91.1 Å². The number of nitrogens with zero attached hydrogens (tertiary/aromatic N) is 2. The van der Waals surface area contributed by atoms with Crippen LogP contribution in [0.15, 0.2) is 83.3 Å². The lowest BCUT2D eigenvalue weighted by molar-refractivity contribution is -0.141. The number of hydrogen-bond acceptors (Lipinski definition) is 7. The fourth-order valence-corrected chi connectivity index (χ4v) is 4.76. The van der Waals surface area contributed by atoms with Gasteiger partial charge in [0, 0.05) is 12.1 Å². The van der Waals surface area contributed by atoms with Crippen molar-refractivity contribution in [3.8, 4) is 23.0 Å². The van der Waals surface area contributed by atoms with Crippen LogP contribution in [0.5, 0.6) is 11.5 Å². The molecule has 3 aromatic carbocycles. The number of aromatic nitrogens is 1. The molecule has 1 aliphatic rings. The molecule has 1 fully saturated rings. The van der Waals surface area contributed by atoms with Gasteiger partial charge in [-0.1, -0.05) is 42.5 Å². The molecule has 0 bridgehead atoms. The summed E-state index contributed by atoms with van der Waals surface area (Å²) in [5.74, 6) is 2.97. The highest BCUT2D eigenvalue weighted by Crippen LogP contribution is 2.49. The van der Waals surface area contributed by atoms with Crippen molar-refractivity contribution in [2.45, 2.75) is 32.2 Å². The first-order valence-corrected chi connectivity index (χ1v) is 13.2. The number of oxazole rings is 1. The quantitative estimate of drug-likeness (QED) is 0.222. The fraction of sp³-hybridized carbons (Fsp3) is 0.281. The summed E-state index contributed by atoms with van der Waals surface area (Å²) in [6.45, 7) is 1.96. The Morgan fingerprint density at radius 2 is 1.65 bits per heavy atom. The van der Waals surface area contributed by atoms with E-state index in [2.05, 4.69) is 12.1 Å². The van der Waals surface area contributed by atoms with Crippen molar-refractivity contribution in [2.75, 3.05) is 20.8 Å². The normalized spacial score (nSPS) is 15.8. The van der Waals surface area contributed by atoms with Crippen LogP contribution < -0.4 is 9.47 Å². The molecule has 1 heterocycles. The van der Waals surface area contributed by atoms with E-state index >= 15 is 0 Å². The summed E-state index contributed by atoms with van der Waals surface area (Å²) in [4.78, 5) is 31.0. The third kappa shape index (κ3) is 6.51. The molecule has 2 atom stereocenters. The highest BCUT2D eigenvalue weighted by atomic mass is 16.6. The molecule has 0 aliphatic heterocycles. The van der Waals surface area contributed by atoms with Crippen molar-refractivity contribution in [1.29, 1.82) is 0 Å². The van der Waals surface area contributed by atoms with Crippen molar-refractivity contribution in [3.63, 3.8) is 0 Å². The second-order valence-corrected chi connectivity index (χ2v) is 9.91. The van der Waals surface area contributed by atoms with Gasteiger partial charge in [0.05, 0.1) is 19.9 Å². The van der Waals surface area contributed by atoms with E-state index in [0.29, 0.717) is 29.2 Å². The van der Waals surface area contributed by atoms with Crippen LogP contribution in [0.1, 0.15) is 34.9 Å². The molecule has 0 N–H and O–H groups in total. The zero-order chi connectivity index (χ0) is 28.1. The number of rotatable bonds is 10. The Balaban J connectivity index is 1.20. The van der Waals surface area contributed by atoms with Gasteiger partial charge in [-0.25, -0.2) is 9.78 Å². The number of carbonyl (C=O) groups is 2. The lowest BCUT2D eigenvalue weighted by Gasteiger charge is -2.21. The Kier molecular flexibility index (Phi) is 8.15. The molecule has 206 valence electrons. The first-order valence-electron chi connectivity index (χ1n) is 13.2. The van der Waals surface area contributed by atoms with Gasteiger partial charge in [-0.05, 0) is 79.1 Å². The molecule has 8 nitrogen and oxygen atoms in total. The minimum absolute atomic E-state index is 0.207. The molecule has 4 aromatic rings. The number of carbonyl (C=O) groups excluding carboxylic acids is 2. The van der Waals surface area contributed by atoms with Gasteiger partial charge in [0.25, 0.3) is 0 Å². The molecular weight excluding hydrogens is 508 g/mol. The molecule has 8 heteroatoms. The van der Waals surface area contributed by atoms with Crippen LogP contribution in [0.4, 0.5) is 4.79 Å². The largest absolute Gasteiger partial charge is 0.497 e. The van der Waals surface area contributed by atoms with Gasteiger partial charge in [0.1, 0.15) is 23.8 Å². The monoisotopic (exact) mass is 540 g/mol. The molecule has 2 unspecified atom stereocenters. The fourth-order valence-electron chi connectivity index (χ4n) is 4.76. The summed E-state index contributed by atoms with van der Waals surface area (Å²) in [6, 6.07) is 24.8. The highest BCUT2D eigenvalue weighted by Gasteiger charge is 2.39. The number of hydrogen-bond donors (Lipinski definition) is 0. The van der Waals surface area contributed by atoms with Crippen molar-refractivity contribution in [1.82, 2.24) is 9.88 Å². The maximum absolute atomic E-state index is 12.9. The van der Waals surface area contributed by atoms with Gasteiger partial charge < -0.3 is 18.6 Å². The van der Waals surface area contributed by atoms with E-state index in [9.17, 15) is 9.59 Å². The Morgan fingerprint density at radius 1 is 0.950 bits per heavy atom. The summed E-state index contributed by atoms with van der Waals surface area (Å²) in [5.41, 5.74) is 4.13. The molecule has 0 saturated heterocycles. The van der Waals surface area contributed by atoms with Crippen LogP contribution in [-0.4, -0.2) is 42.7 Å². The number of ether oxygens (including phenoxy) is 3. The second-order valence-electron chi connectivity index (χ2n) is 9.91. The van der Waals surface area contributed by atoms with Crippen molar-refractivity contribution in [3.05, 3.63) is 101 Å². The summed E-state index contributed by atoms with van der Waals surface area (Å²) in [5, 5.41) is 0. The van der Waals surface area contributed by atoms with E-state index in [-0.39, 0.29) is 13.1 Å². The first kappa shape index (κ1) is 27.0. The molecule has 1 amide bonds. The van der Waals surface area contributed by atoms with E-state index in [0.717, 1.165) is 35.4 Å². The summed E-state index contributed by atoms with van der Waals surface area (Å²) < 4.78 is 21.3. The smallest absolute Gasteiger partial charge is 0.416 e. The van der Waals surface area contributed by atoms with Crippen LogP contribution in [0.25, 0.3) is 11.5 Å². The third-order valence-electron chi connectivity index (χ3n) is 7.14. The van der Waals surface area contributed by atoms with Gasteiger partial charge in [0.15, 0.2) is 0 Å². The molecular formula is C32H32N2O6. The predicted octanol–water partition coefficient (Wildman–Crippen LogP) is 6.18. The van der Waals surface area contributed by atoms with Crippen molar-refractivity contribution in [2.24, 2.45) is 5.92 Å². The molecule has 40 heavy (non-hydrogen) atoms. The number of amides is 1. The zero-order valence-electron chi connectivity index (χ0n) is 22.8. The van der Waals surface area contributed by atoms with Gasteiger partial charge in [-0.2, -0.15) is 0 Å². The van der Waals surface area contributed by atoms with Crippen LogP contribution in [0, 0.1) is 12.8 Å². The Bertz CT molecular complexity index is 1450. The summed E-state index contributed by atoms with van der Waals surface area (Å²) >= 11 is 0. The SMILES string of the molecule is COC(=O)CN(Cc1ccc(C2CC2Cc2nc(-c3ccccc3)oc2C)cc1)C(=O)Oc1ccc(OC)cc1. The van der Waals surface area contributed by atoms with Crippen LogP contribution in [0.3, 0.4) is 0 Å². The maximum Gasteiger partial charge on any atom is 0.416 e. The second kappa shape index (κ2) is 12.1. The van der Waals surface area contributed by atoms with Crippen LogP contribution in [-0.2, 0) is 22.5 Å². The van der Waals surface area contributed by atoms with Crippen molar-refractivity contribution < 1.29 is 28.2 Å². The van der Waals surface area contributed by atoms with E-state index in [4.69, 9.17) is 23.6 Å². The minimum Gasteiger partial charge on any atom is -0.497 e. The van der Waals surface area contributed by atoms with Crippen LogP contribution >= 0.6 is 0 Å². The highest BCUT2D eigenvalue weighted by molar-refractivity contribution is 5.79. The van der Waals surface area contributed by atoms with Crippen molar-refractivity contribution >= 4 is 12.1 Å². The molecule has 0 radical (unpaired) electrons. The average Bonchev–Trinajstić information content (AvgIpc) is 3.66. The first-order chi connectivity index (χ1) is 19.4. The Hall–Kier alpha value is -4.59. The predicted molar refractivity (Wildman–Crippen MR) is 149 cm³/mol. The van der Waals surface area contributed by atoms with Gasteiger partial charge >= 0.3 is 12.1 Å². The molecule has 1 saturated carbocycles.